The summed E-state index contributed by atoms with van der Waals surface area (Å²) < 4.78 is 0. The zero-order valence-corrected chi connectivity index (χ0v) is 11.0. The van der Waals surface area contributed by atoms with Crippen molar-refractivity contribution < 1.29 is 9.59 Å². The van der Waals surface area contributed by atoms with Crippen LogP contribution in [0.3, 0.4) is 0 Å². The molecule has 4 nitrogen and oxygen atoms in total. The van der Waals surface area contributed by atoms with Gasteiger partial charge in [0.15, 0.2) is 0 Å². The van der Waals surface area contributed by atoms with Crippen LogP contribution in [0.25, 0.3) is 0 Å². The molecule has 0 atom stereocenters. The summed E-state index contributed by atoms with van der Waals surface area (Å²) in [4.78, 5) is 23.1. The van der Waals surface area contributed by atoms with Crippen LogP contribution in [0.2, 0.25) is 10.0 Å². The molecular weight excluding hydrogens is 275 g/mol. The average molecular weight is 287 g/mol. The maximum absolute atomic E-state index is 11.6. The molecule has 0 saturated heterocycles. The number of nitrogens with one attached hydrogen (secondary N) is 2. The first-order valence-electron chi connectivity index (χ1n) is 5.59. The van der Waals surface area contributed by atoms with E-state index in [0.717, 1.165) is 12.8 Å². The molecule has 0 spiro atoms. The number of benzene rings is 1. The van der Waals surface area contributed by atoms with Crippen LogP contribution >= 0.6 is 23.2 Å². The summed E-state index contributed by atoms with van der Waals surface area (Å²) in [6.45, 7) is 0. The largest absolute Gasteiger partial charge is 0.353 e. The Kier molecular flexibility index (Phi) is 4.09. The molecule has 6 heteroatoms. The summed E-state index contributed by atoms with van der Waals surface area (Å²) in [6, 6.07) is 5.16. The standard InChI is InChI=1S/C12H12Cl2N2O2/c13-8-2-1-3-9(14)12(8)16-11(18)6-10(17)15-7-4-5-7/h1-3,7H,4-6H2,(H,15,17)(H,16,18). The van der Waals surface area contributed by atoms with Crippen molar-refractivity contribution in [3.63, 3.8) is 0 Å². The molecule has 96 valence electrons. The Balaban J connectivity index is 1.91. The van der Waals surface area contributed by atoms with E-state index in [1.807, 2.05) is 0 Å². The van der Waals surface area contributed by atoms with Crippen molar-refractivity contribution in [2.24, 2.45) is 0 Å². The van der Waals surface area contributed by atoms with Crippen molar-refractivity contribution in [3.05, 3.63) is 28.2 Å². The van der Waals surface area contributed by atoms with Gasteiger partial charge in [-0.2, -0.15) is 0 Å². The number of anilines is 1. The molecule has 0 unspecified atom stereocenters. The van der Waals surface area contributed by atoms with E-state index < -0.39 is 5.91 Å². The molecule has 2 amide bonds. The minimum atomic E-state index is -0.428. The number of amides is 2. The van der Waals surface area contributed by atoms with Crippen LogP contribution in [0.15, 0.2) is 18.2 Å². The molecule has 0 radical (unpaired) electrons. The van der Waals surface area contributed by atoms with Crippen molar-refractivity contribution >= 4 is 40.7 Å². The predicted octanol–water partition coefficient (Wildman–Crippen LogP) is 2.60. The second kappa shape index (κ2) is 5.59. The molecule has 1 aliphatic rings. The maximum Gasteiger partial charge on any atom is 0.233 e. The highest BCUT2D eigenvalue weighted by molar-refractivity contribution is 6.39. The number of carbonyl (C=O) groups excluding carboxylic acids is 2. The van der Waals surface area contributed by atoms with E-state index in [2.05, 4.69) is 10.6 Å². The summed E-state index contributed by atoms with van der Waals surface area (Å²) >= 11 is 11.8. The van der Waals surface area contributed by atoms with E-state index >= 15 is 0 Å². The topological polar surface area (TPSA) is 58.2 Å². The van der Waals surface area contributed by atoms with Gasteiger partial charge in [0, 0.05) is 6.04 Å². The van der Waals surface area contributed by atoms with Gasteiger partial charge in [0.25, 0.3) is 0 Å². The number of hydrogen-bond acceptors (Lipinski definition) is 2. The third-order valence-electron chi connectivity index (χ3n) is 2.49. The lowest BCUT2D eigenvalue weighted by molar-refractivity contribution is -0.126. The van der Waals surface area contributed by atoms with Gasteiger partial charge in [-0.05, 0) is 25.0 Å². The highest BCUT2D eigenvalue weighted by Crippen LogP contribution is 2.29. The summed E-state index contributed by atoms with van der Waals surface area (Å²) in [7, 11) is 0. The number of para-hydroxylation sites is 1. The molecule has 2 N–H and O–H groups in total. The van der Waals surface area contributed by atoms with Crippen LogP contribution in [0.1, 0.15) is 19.3 Å². The quantitative estimate of drug-likeness (QED) is 0.836. The fourth-order valence-electron chi connectivity index (χ4n) is 1.45. The van der Waals surface area contributed by atoms with E-state index in [1.54, 1.807) is 18.2 Å². The fourth-order valence-corrected chi connectivity index (χ4v) is 1.94. The Bertz CT molecular complexity index is 467. The van der Waals surface area contributed by atoms with Crippen molar-refractivity contribution in [1.29, 1.82) is 0 Å². The summed E-state index contributed by atoms with van der Waals surface area (Å²) in [5.41, 5.74) is 0.338. The highest BCUT2D eigenvalue weighted by Gasteiger charge is 2.24. The highest BCUT2D eigenvalue weighted by atomic mass is 35.5. The van der Waals surface area contributed by atoms with Gasteiger partial charge >= 0.3 is 0 Å². The van der Waals surface area contributed by atoms with E-state index in [-0.39, 0.29) is 18.4 Å². The lowest BCUT2D eigenvalue weighted by Gasteiger charge is -2.09. The van der Waals surface area contributed by atoms with Crippen molar-refractivity contribution in [2.45, 2.75) is 25.3 Å². The van der Waals surface area contributed by atoms with Crippen molar-refractivity contribution in [3.8, 4) is 0 Å². The lowest BCUT2D eigenvalue weighted by atomic mass is 10.3. The third-order valence-corrected chi connectivity index (χ3v) is 3.12. The predicted molar refractivity (Wildman–Crippen MR) is 70.9 cm³/mol. The van der Waals surface area contributed by atoms with E-state index in [0.29, 0.717) is 15.7 Å². The summed E-state index contributed by atoms with van der Waals surface area (Å²) in [5, 5.41) is 5.96. The van der Waals surface area contributed by atoms with E-state index in [9.17, 15) is 9.59 Å². The maximum atomic E-state index is 11.6. The second-order valence-electron chi connectivity index (χ2n) is 4.16. The molecule has 0 aliphatic heterocycles. The van der Waals surface area contributed by atoms with Gasteiger partial charge in [-0.1, -0.05) is 29.3 Å². The number of hydrogen-bond donors (Lipinski definition) is 2. The van der Waals surface area contributed by atoms with Crippen LogP contribution < -0.4 is 10.6 Å². The van der Waals surface area contributed by atoms with Gasteiger partial charge in [0.1, 0.15) is 6.42 Å². The molecule has 1 fully saturated rings. The van der Waals surface area contributed by atoms with Crippen LogP contribution in [-0.4, -0.2) is 17.9 Å². The molecule has 0 bridgehead atoms. The first-order valence-corrected chi connectivity index (χ1v) is 6.35. The zero-order chi connectivity index (χ0) is 13.1. The van der Waals surface area contributed by atoms with Gasteiger partial charge < -0.3 is 10.6 Å². The van der Waals surface area contributed by atoms with Gasteiger partial charge in [-0.25, -0.2) is 0 Å². The van der Waals surface area contributed by atoms with Gasteiger partial charge in [-0.15, -0.1) is 0 Å². The summed E-state index contributed by atoms with van der Waals surface area (Å²) in [5.74, 6) is -0.707. The van der Waals surface area contributed by atoms with Crippen LogP contribution in [0.4, 0.5) is 5.69 Å². The van der Waals surface area contributed by atoms with Crippen molar-refractivity contribution in [2.75, 3.05) is 5.32 Å². The van der Waals surface area contributed by atoms with Gasteiger partial charge in [-0.3, -0.25) is 9.59 Å². The van der Waals surface area contributed by atoms with Gasteiger partial charge in [0.05, 0.1) is 15.7 Å². The molecular formula is C12H12Cl2N2O2. The normalized spacial score (nSPS) is 14.1. The molecule has 0 aromatic heterocycles. The smallest absolute Gasteiger partial charge is 0.233 e. The van der Waals surface area contributed by atoms with E-state index in [1.165, 1.54) is 0 Å². The monoisotopic (exact) mass is 286 g/mol. The Morgan fingerprint density at radius 1 is 1.17 bits per heavy atom. The second-order valence-corrected chi connectivity index (χ2v) is 4.98. The number of rotatable bonds is 4. The first-order chi connectivity index (χ1) is 8.56. The molecule has 18 heavy (non-hydrogen) atoms. The molecule has 1 aliphatic carbocycles. The van der Waals surface area contributed by atoms with Crippen LogP contribution in [0.5, 0.6) is 0 Å². The van der Waals surface area contributed by atoms with Crippen LogP contribution in [-0.2, 0) is 9.59 Å². The molecule has 1 aromatic carbocycles. The summed E-state index contributed by atoms with van der Waals surface area (Å²) in [6.07, 6.45) is 1.76. The number of halogens is 2. The first kappa shape index (κ1) is 13.2. The Morgan fingerprint density at radius 3 is 2.33 bits per heavy atom. The zero-order valence-electron chi connectivity index (χ0n) is 9.50. The van der Waals surface area contributed by atoms with Crippen molar-refractivity contribution in [1.82, 2.24) is 5.32 Å². The molecule has 1 saturated carbocycles. The Morgan fingerprint density at radius 2 is 1.78 bits per heavy atom. The Labute approximate surface area is 115 Å². The lowest BCUT2D eigenvalue weighted by Crippen LogP contribution is -2.29. The van der Waals surface area contributed by atoms with E-state index in [4.69, 9.17) is 23.2 Å². The minimum absolute atomic E-state index is 0.224. The Hall–Kier alpha value is -1.26. The molecule has 1 aromatic rings. The molecule has 0 heterocycles. The van der Waals surface area contributed by atoms with Gasteiger partial charge in [0.2, 0.25) is 11.8 Å². The van der Waals surface area contributed by atoms with Crippen LogP contribution in [0, 0.1) is 0 Å². The third kappa shape index (κ3) is 3.62. The SMILES string of the molecule is O=C(CC(=O)NC1CC1)Nc1c(Cl)cccc1Cl. The number of carbonyl (C=O) groups is 2. The molecule has 2 rings (SSSR count). The minimum Gasteiger partial charge on any atom is -0.353 e. The average Bonchev–Trinajstić information content (AvgIpc) is 3.07. The fraction of sp³-hybridized carbons (Fsp3) is 0.333.